The van der Waals surface area contributed by atoms with Crippen LogP contribution in [0.5, 0.6) is 0 Å². The minimum atomic E-state index is -1.78. The van der Waals surface area contributed by atoms with Gasteiger partial charge in [0.05, 0.1) is 19.8 Å². The highest BCUT2D eigenvalue weighted by Crippen LogP contribution is 2.26. The third kappa shape index (κ3) is 27.0. The lowest BCUT2D eigenvalue weighted by Gasteiger charge is -2.42. The highest BCUT2D eigenvalue weighted by atomic mass is 16.7. The Labute approximate surface area is 405 Å². The molecule has 0 saturated carbocycles. The van der Waals surface area contributed by atoms with Gasteiger partial charge >= 0.3 is 11.9 Å². The molecule has 2 saturated heterocycles. The molecule has 0 aliphatic carbocycles. The molecule has 2 aliphatic heterocycles. The fraction of sp³-hybridized carbons (Fsp3) is 0.660. The molecule has 0 aromatic carbocycles. The summed E-state index contributed by atoms with van der Waals surface area (Å²) in [6.45, 7) is 2.26. The molecular formula is C53H84O15. The average molecular weight is 961 g/mol. The molecule has 2 heterocycles. The van der Waals surface area contributed by atoms with Crippen molar-refractivity contribution in [2.75, 3.05) is 26.4 Å². The standard InChI is InChI=1S/C53H84O15/c1-3-5-7-9-11-13-15-17-18-19-20-21-22-24-26-28-30-32-34-36-45(56)66-41(38-63-44(55)35-33-31-29-27-25-23-16-14-12-10-8-6-4-2)39-64-52-51(62)49(60)47(58)43(68-52)40-65-53-50(61)48(59)46(57)42(37-54)67-53/h5-8,11-14,17-18,20-21,23-26,41-43,46-54,57-62H,3-4,9-10,15-16,19,22,27-40H2,1-2H3/b7-5-,8-6-,13-11-,14-12-,18-17-,21-20-,25-23-,26-24-. The molecule has 7 N–H and O–H groups in total. The molecule has 0 aromatic heterocycles. The van der Waals surface area contributed by atoms with Crippen molar-refractivity contribution >= 4 is 11.9 Å². The summed E-state index contributed by atoms with van der Waals surface area (Å²) in [6, 6.07) is 0. The zero-order chi connectivity index (χ0) is 49.6. The van der Waals surface area contributed by atoms with E-state index in [-0.39, 0.29) is 19.4 Å². The van der Waals surface area contributed by atoms with Crippen molar-refractivity contribution in [2.24, 2.45) is 0 Å². The fourth-order valence-corrected chi connectivity index (χ4v) is 7.02. The molecule has 2 aliphatic rings. The Morgan fingerprint density at radius 2 is 0.882 bits per heavy atom. The summed E-state index contributed by atoms with van der Waals surface area (Å²) in [6.07, 6.45) is 31.6. The lowest BCUT2D eigenvalue weighted by atomic mass is 9.98. The summed E-state index contributed by atoms with van der Waals surface area (Å²) in [7, 11) is 0. The number of aliphatic hydroxyl groups is 7. The number of aliphatic hydroxyl groups excluding tert-OH is 7. The number of rotatable bonds is 36. The molecule has 15 heteroatoms. The average Bonchev–Trinajstić information content (AvgIpc) is 3.33. The van der Waals surface area contributed by atoms with Crippen molar-refractivity contribution in [3.63, 3.8) is 0 Å². The zero-order valence-electron chi connectivity index (χ0n) is 40.5. The zero-order valence-corrected chi connectivity index (χ0v) is 40.5. The third-order valence-electron chi connectivity index (χ3n) is 11.1. The number of esters is 2. The second-order valence-electron chi connectivity index (χ2n) is 16.9. The number of hydrogen-bond donors (Lipinski definition) is 7. The Morgan fingerprint density at radius 3 is 1.35 bits per heavy atom. The molecule has 0 spiro atoms. The third-order valence-corrected chi connectivity index (χ3v) is 11.1. The Bertz CT molecular complexity index is 1550. The second-order valence-corrected chi connectivity index (χ2v) is 16.9. The first kappa shape index (κ1) is 60.5. The van der Waals surface area contributed by atoms with E-state index in [9.17, 15) is 45.3 Å². The summed E-state index contributed by atoms with van der Waals surface area (Å²) in [5, 5.41) is 72.0. The quantitative estimate of drug-likeness (QED) is 0.0200. The number of ether oxygens (including phenoxy) is 6. The van der Waals surface area contributed by atoms with Crippen molar-refractivity contribution in [1.82, 2.24) is 0 Å². The van der Waals surface area contributed by atoms with Gasteiger partial charge in [-0.3, -0.25) is 9.59 Å². The maximum atomic E-state index is 13.0. The van der Waals surface area contributed by atoms with Crippen molar-refractivity contribution in [3.8, 4) is 0 Å². The van der Waals surface area contributed by atoms with Crippen LogP contribution in [0.25, 0.3) is 0 Å². The Morgan fingerprint density at radius 1 is 0.471 bits per heavy atom. The van der Waals surface area contributed by atoms with Crippen molar-refractivity contribution in [2.45, 2.75) is 197 Å². The summed E-state index contributed by atoms with van der Waals surface area (Å²) < 4.78 is 33.5. The van der Waals surface area contributed by atoms with Gasteiger partial charge in [-0.1, -0.05) is 124 Å². The maximum Gasteiger partial charge on any atom is 0.306 e. The number of unbranched alkanes of at least 4 members (excludes halogenated alkanes) is 6. The van der Waals surface area contributed by atoms with Gasteiger partial charge in [-0.2, -0.15) is 0 Å². The predicted octanol–water partition coefficient (Wildman–Crippen LogP) is 6.59. The summed E-state index contributed by atoms with van der Waals surface area (Å²) in [5.41, 5.74) is 0. The lowest BCUT2D eigenvalue weighted by Crippen LogP contribution is -2.61. The molecule has 11 atom stereocenters. The van der Waals surface area contributed by atoms with Gasteiger partial charge < -0.3 is 64.2 Å². The topological polar surface area (TPSA) is 231 Å². The van der Waals surface area contributed by atoms with Gasteiger partial charge in [0, 0.05) is 12.8 Å². The SMILES string of the molecule is CC/C=C\C/C=C\C/C=C\C/C=C\C/C=C\CCCCCC(=O)OC(COC(=O)CCCCC/C=C\C/C=C\C/C=C\CC)COC1OC(COC2OC(CO)C(O)C(O)C2O)C(O)C(O)C1O. The first-order valence-electron chi connectivity index (χ1n) is 24.8. The van der Waals surface area contributed by atoms with Crippen LogP contribution in [0.15, 0.2) is 97.2 Å². The Hall–Kier alpha value is -3.58. The van der Waals surface area contributed by atoms with Crippen LogP contribution in [0.4, 0.5) is 0 Å². The molecule has 386 valence electrons. The first-order chi connectivity index (χ1) is 33.0. The Balaban J connectivity index is 1.85. The van der Waals surface area contributed by atoms with Crippen LogP contribution in [0, 0.1) is 0 Å². The van der Waals surface area contributed by atoms with Gasteiger partial charge in [0.25, 0.3) is 0 Å². The second kappa shape index (κ2) is 39.2. The van der Waals surface area contributed by atoms with Crippen molar-refractivity contribution in [1.29, 1.82) is 0 Å². The van der Waals surface area contributed by atoms with Crippen LogP contribution >= 0.6 is 0 Å². The maximum absolute atomic E-state index is 13.0. The van der Waals surface area contributed by atoms with E-state index in [2.05, 4.69) is 111 Å². The summed E-state index contributed by atoms with van der Waals surface area (Å²) in [5.74, 6) is -1.01. The Kier molecular flexibility index (Phi) is 34.9. The number of carbonyl (C=O) groups is 2. The highest BCUT2D eigenvalue weighted by Gasteiger charge is 2.47. The van der Waals surface area contributed by atoms with Gasteiger partial charge in [0.2, 0.25) is 0 Å². The van der Waals surface area contributed by atoms with Crippen LogP contribution in [-0.4, -0.2) is 142 Å². The first-order valence-corrected chi connectivity index (χ1v) is 24.8. The van der Waals surface area contributed by atoms with Gasteiger partial charge in [-0.05, 0) is 89.9 Å². The lowest BCUT2D eigenvalue weighted by molar-refractivity contribution is -0.332. The van der Waals surface area contributed by atoms with E-state index in [0.717, 1.165) is 89.9 Å². The molecule has 0 amide bonds. The van der Waals surface area contributed by atoms with E-state index >= 15 is 0 Å². The van der Waals surface area contributed by atoms with Crippen molar-refractivity contribution < 1.29 is 73.8 Å². The van der Waals surface area contributed by atoms with Gasteiger partial charge in [-0.15, -0.1) is 0 Å². The summed E-state index contributed by atoms with van der Waals surface area (Å²) in [4.78, 5) is 25.7. The molecule has 2 rings (SSSR count). The van der Waals surface area contributed by atoms with Gasteiger partial charge in [0.15, 0.2) is 18.7 Å². The van der Waals surface area contributed by atoms with Gasteiger partial charge in [0.1, 0.15) is 55.4 Å². The largest absolute Gasteiger partial charge is 0.462 e. The van der Waals surface area contributed by atoms with Crippen LogP contribution in [0.2, 0.25) is 0 Å². The van der Waals surface area contributed by atoms with Crippen LogP contribution in [0.3, 0.4) is 0 Å². The normalized spacial score (nSPS) is 26.6. The van der Waals surface area contributed by atoms with Crippen molar-refractivity contribution in [3.05, 3.63) is 97.2 Å². The predicted molar refractivity (Wildman–Crippen MR) is 261 cm³/mol. The van der Waals surface area contributed by atoms with E-state index < -0.39 is 99.3 Å². The molecule has 0 radical (unpaired) electrons. The van der Waals surface area contributed by atoms with E-state index in [4.69, 9.17) is 28.4 Å². The molecular weight excluding hydrogens is 877 g/mol. The minimum absolute atomic E-state index is 0.113. The van der Waals surface area contributed by atoms with Crippen LogP contribution in [0.1, 0.15) is 129 Å². The highest BCUT2D eigenvalue weighted by molar-refractivity contribution is 5.70. The molecule has 0 bridgehead atoms. The van der Waals surface area contributed by atoms with E-state index in [1.807, 2.05) is 0 Å². The summed E-state index contributed by atoms with van der Waals surface area (Å²) >= 11 is 0. The molecule has 2 fully saturated rings. The van der Waals surface area contributed by atoms with E-state index in [1.165, 1.54) is 0 Å². The fourth-order valence-electron chi connectivity index (χ4n) is 7.02. The van der Waals surface area contributed by atoms with E-state index in [1.54, 1.807) is 0 Å². The number of carbonyl (C=O) groups excluding carboxylic acids is 2. The molecule has 11 unspecified atom stereocenters. The monoisotopic (exact) mass is 961 g/mol. The van der Waals surface area contributed by atoms with Gasteiger partial charge in [-0.25, -0.2) is 0 Å². The van der Waals surface area contributed by atoms with E-state index in [0.29, 0.717) is 12.8 Å². The molecule has 15 nitrogen and oxygen atoms in total. The number of hydrogen-bond acceptors (Lipinski definition) is 15. The van der Waals surface area contributed by atoms with Crippen LogP contribution in [-0.2, 0) is 38.0 Å². The minimum Gasteiger partial charge on any atom is -0.462 e. The number of allylic oxidation sites excluding steroid dienone is 16. The molecule has 68 heavy (non-hydrogen) atoms. The van der Waals surface area contributed by atoms with Crippen LogP contribution < -0.4 is 0 Å². The smallest absolute Gasteiger partial charge is 0.306 e. The molecule has 0 aromatic rings.